The highest BCUT2D eigenvalue weighted by atomic mass is 19.4. The number of ether oxygens (including phenoxy) is 1. The van der Waals surface area contributed by atoms with Crippen molar-refractivity contribution in [2.24, 2.45) is 11.7 Å². The molecule has 0 spiro atoms. The van der Waals surface area contributed by atoms with Crippen molar-refractivity contribution in [3.63, 3.8) is 0 Å². The number of nitrogens with two attached hydrogens (primary N) is 1. The first-order valence-electron chi connectivity index (χ1n) is 7.63. The average Bonchev–Trinajstić information content (AvgIpc) is 2.86. The van der Waals surface area contributed by atoms with Crippen molar-refractivity contribution in [3.8, 4) is 5.75 Å². The van der Waals surface area contributed by atoms with Crippen LogP contribution in [0.4, 0.5) is 13.2 Å². The summed E-state index contributed by atoms with van der Waals surface area (Å²) in [5, 5.41) is 0. The van der Waals surface area contributed by atoms with Crippen LogP contribution < -0.4 is 10.5 Å². The highest BCUT2D eigenvalue weighted by Gasteiger charge is 2.33. The maximum atomic E-state index is 12.4. The molecule has 1 aromatic carbocycles. The minimum Gasteiger partial charge on any atom is -0.406 e. The summed E-state index contributed by atoms with van der Waals surface area (Å²) in [6, 6.07) is 6.03. The Morgan fingerprint density at radius 2 is 2.09 bits per heavy atom. The van der Waals surface area contributed by atoms with Gasteiger partial charge in [-0.2, -0.15) is 0 Å². The third kappa shape index (κ3) is 4.86. The minimum atomic E-state index is -4.74. The maximum absolute atomic E-state index is 12.4. The highest BCUT2D eigenvalue weighted by Crippen LogP contribution is 2.28. The summed E-state index contributed by atoms with van der Waals surface area (Å²) in [7, 11) is 0. The Kier molecular flexibility index (Phi) is 5.51. The molecule has 128 valence electrons. The molecule has 4 nitrogen and oxygen atoms in total. The fraction of sp³-hybridized carbons (Fsp3) is 0.562. The number of carbonyl (C=O) groups is 1. The molecule has 0 radical (unpaired) electrons. The Balaban J connectivity index is 1.97. The van der Waals surface area contributed by atoms with Crippen LogP contribution in [-0.4, -0.2) is 36.3 Å². The Labute approximate surface area is 133 Å². The monoisotopic (exact) mass is 330 g/mol. The van der Waals surface area contributed by atoms with Gasteiger partial charge in [0.2, 0.25) is 5.91 Å². The van der Waals surface area contributed by atoms with Crippen LogP contribution in [0.2, 0.25) is 0 Å². The second kappa shape index (κ2) is 7.21. The van der Waals surface area contributed by atoms with Gasteiger partial charge >= 0.3 is 6.36 Å². The highest BCUT2D eigenvalue weighted by molar-refractivity contribution is 5.77. The Morgan fingerprint density at radius 1 is 1.39 bits per heavy atom. The molecule has 1 amide bonds. The maximum Gasteiger partial charge on any atom is 0.573 e. The standard InChI is InChI=1S/C16H21F3N2O2/c1-11-8-12(9-20)10-21(11)15(22)7-6-13-4-2-3-5-14(13)23-16(17,18)19/h2-5,11-12H,6-10,20H2,1H3. The third-order valence-corrected chi connectivity index (χ3v) is 4.12. The molecule has 1 heterocycles. The number of rotatable bonds is 5. The number of hydrogen-bond donors (Lipinski definition) is 1. The van der Waals surface area contributed by atoms with Crippen molar-refractivity contribution in [2.75, 3.05) is 13.1 Å². The molecule has 2 N–H and O–H groups in total. The average molecular weight is 330 g/mol. The van der Waals surface area contributed by atoms with E-state index in [1.165, 1.54) is 12.1 Å². The van der Waals surface area contributed by atoms with Crippen molar-refractivity contribution in [3.05, 3.63) is 29.8 Å². The van der Waals surface area contributed by atoms with Crippen molar-refractivity contribution in [1.82, 2.24) is 4.90 Å². The Hall–Kier alpha value is -1.76. The molecule has 0 aliphatic carbocycles. The number of benzene rings is 1. The summed E-state index contributed by atoms with van der Waals surface area (Å²) in [6.07, 6.45) is -3.50. The lowest BCUT2D eigenvalue weighted by Gasteiger charge is -2.22. The van der Waals surface area contributed by atoms with Gasteiger partial charge in [0.15, 0.2) is 0 Å². The van der Waals surface area contributed by atoms with E-state index in [0.29, 0.717) is 24.6 Å². The predicted octanol–water partition coefficient (Wildman–Crippen LogP) is 2.71. The summed E-state index contributed by atoms with van der Waals surface area (Å²) in [6.45, 7) is 3.13. The van der Waals surface area contributed by atoms with E-state index >= 15 is 0 Å². The zero-order chi connectivity index (χ0) is 17.0. The van der Waals surface area contributed by atoms with Crippen LogP contribution in [0.1, 0.15) is 25.3 Å². The van der Waals surface area contributed by atoms with Crippen LogP contribution in [0.15, 0.2) is 24.3 Å². The van der Waals surface area contributed by atoms with Crippen molar-refractivity contribution in [1.29, 1.82) is 0 Å². The smallest absolute Gasteiger partial charge is 0.406 e. The molecule has 0 bridgehead atoms. The van der Waals surface area contributed by atoms with Gasteiger partial charge in [-0.05, 0) is 43.9 Å². The number of hydrogen-bond acceptors (Lipinski definition) is 3. The Bertz CT molecular complexity index is 548. The van der Waals surface area contributed by atoms with Crippen molar-refractivity contribution >= 4 is 5.91 Å². The van der Waals surface area contributed by atoms with E-state index in [0.717, 1.165) is 6.42 Å². The van der Waals surface area contributed by atoms with Gasteiger partial charge in [0.05, 0.1) is 0 Å². The van der Waals surface area contributed by atoms with Crippen molar-refractivity contribution < 1.29 is 22.7 Å². The normalized spacial score (nSPS) is 21.5. The molecule has 2 rings (SSSR count). The predicted molar refractivity (Wildman–Crippen MR) is 79.8 cm³/mol. The number of alkyl halides is 3. The lowest BCUT2D eigenvalue weighted by atomic mass is 10.1. The van der Waals surface area contributed by atoms with Gasteiger partial charge in [-0.25, -0.2) is 0 Å². The summed E-state index contributed by atoms with van der Waals surface area (Å²) in [4.78, 5) is 14.1. The van der Waals surface area contributed by atoms with Gasteiger partial charge in [0, 0.05) is 19.0 Å². The molecule has 2 unspecified atom stereocenters. The van der Waals surface area contributed by atoms with Crippen molar-refractivity contribution in [2.45, 2.75) is 38.6 Å². The molecule has 2 atom stereocenters. The van der Waals surface area contributed by atoms with E-state index in [1.54, 1.807) is 17.0 Å². The van der Waals surface area contributed by atoms with E-state index in [4.69, 9.17) is 5.73 Å². The van der Waals surface area contributed by atoms with Crippen LogP contribution in [0, 0.1) is 5.92 Å². The van der Waals surface area contributed by atoms with E-state index in [1.807, 2.05) is 6.92 Å². The molecule has 1 aliphatic rings. The molecule has 0 saturated carbocycles. The van der Waals surface area contributed by atoms with Gasteiger partial charge in [-0.15, -0.1) is 13.2 Å². The van der Waals surface area contributed by atoms with E-state index in [2.05, 4.69) is 4.74 Å². The number of aryl methyl sites for hydroxylation is 1. The first kappa shape index (κ1) is 17.6. The SMILES string of the molecule is CC1CC(CN)CN1C(=O)CCc1ccccc1OC(F)(F)F. The number of carbonyl (C=O) groups excluding carboxylic acids is 1. The van der Waals surface area contributed by atoms with Gasteiger partial charge in [0.1, 0.15) is 5.75 Å². The molecule has 1 fully saturated rings. The molecule has 1 aliphatic heterocycles. The number of halogens is 3. The van der Waals surface area contributed by atoms with E-state index in [-0.39, 0.29) is 30.5 Å². The van der Waals surface area contributed by atoms with Gasteiger partial charge in [-0.3, -0.25) is 4.79 Å². The Morgan fingerprint density at radius 3 is 2.70 bits per heavy atom. The quantitative estimate of drug-likeness (QED) is 0.903. The topological polar surface area (TPSA) is 55.6 Å². The zero-order valence-electron chi connectivity index (χ0n) is 13.0. The third-order valence-electron chi connectivity index (χ3n) is 4.12. The molecule has 1 aromatic rings. The first-order valence-corrected chi connectivity index (χ1v) is 7.63. The number of nitrogens with zero attached hydrogens (tertiary/aromatic N) is 1. The van der Waals surface area contributed by atoms with Crippen LogP contribution >= 0.6 is 0 Å². The molecular formula is C16H21F3N2O2. The number of likely N-dealkylation sites (tertiary alicyclic amines) is 1. The lowest BCUT2D eigenvalue weighted by Crippen LogP contribution is -2.34. The summed E-state index contributed by atoms with van der Waals surface area (Å²) in [5.41, 5.74) is 6.02. The zero-order valence-corrected chi connectivity index (χ0v) is 13.0. The van der Waals surface area contributed by atoms with Crippen LogP contribution in [0.5, 0.6) is 5.75 Å². The second-order valence-electron chi connectivity index (χ2n) is 5.89. The molecule has 0 aromatic heterocycles. The summed E-state index contributed by atoms with van der Waals surface area (Å²) < 4.78 is 41.2. The van der Waals surface area contributed by atoms with Gasteiger partial charge < -0.3 is 15.4 Å². The van der Waals surface area contributed by atoms with E-state index < -0.39 is 6.36 Å². The molecular weight excluding hydrogens is 309 g/mol. The van der Waals surface area contributed by atoms with Crippen LogP contribution in [0.25, 0.3) is 0 Å². The fourth-order valence-electron chi connectivity index (χ4n) is 2.98. The molecule has 7 heteroatoms. The van der Waals surface area contributed by atoms with Gasteiger partial charge in [0.25, 0.3) is 0 Å². The first-order chi connectivity index (χ1) is 10.8. The molecule has 1 saturated heterocycles. The van der Waals surface area contributed by atoms with E-state index in [9.17, 15) is 18.0 Å². The largest absolute Gasteiger partial charge is 0.573 e. The summed E-state index contributed by atoms with van der Waals surface area (Å²) >= 11 is 0. The van der Waals surface area contributed by atoms with Gasteiger partial charge in [-0.1, -0.05) is 18.2 Å². The number of para-hydroxylation sites is 1. The van der Waals surface area contributed by atoms with Crippen LogP contribution in [0.3, 0.4) is 0 Å². The fourth-order valence-corrected chi connectivity index (χ4v) is 2.98. The summed E-state index contributed by atoms with van der Waals surface area (Å²) in [5.74, 6) is -0.00725. The minimum absolute atomic E-state index is 0.0599. The van der Waals surface area contributed by atoms with Crippen LogP contribution in [-0.2, 0) is 11.2 Å². The lowest BCUT2D eigenvalue weighted by molar-refractivity contribution is -0.274. The second-order valence-corrected chi connectivity index (χ2v) is 5.89. The number of amides is 1. The molecule has 23 heavy (non-hydrogen) atoms.